The summed E-state index contributed by atoms with van der Waals surface area (Å²) in [6.45, 7) is 2.59. The maximum absolute atomic E-state index is 13.5. The molecular formula is C18H19F2N3S. The molecule has 2 N–H and O–H groups in total. The van der Waals surface area contributed by atoms with Crippen LogP contribution in [0, 0.1) is 11.6 Å². The van der Waals surface area contributed by atoms with E-state index in [4.69, 9.17) is 12.2 Å². The Morgan fingerprint density at radius 2 is 1.83 bits per heavy atom. The molecule has 3 nitrogen and oxygen atoms in total. The molecule has 0 aliphatic carbocycles. The molecule has 126 valence electrons. The van der Waals surface area contributed by atoms with Gasteiger partial charge in [-0.05, 0) is 48.8 Å². The van der Waals surface area contributed by atoms with Gasteiger partial charge < -0.3 is 15.5 Å². The van der Waals surface area contributed by atoms with E-state index in [1.165, 1.54) is 29.4 Å². The topological polar surface area (TPSA) is 27.3 Å². The number of para-hydroxylation sites is 2. The molecule has 0 radical (unpaired) electrons. The van der Waals surface area contributed by atoms with Crippen molar-refractivity contribution in [2.24, 2.45) is 0 Å². The van der Waals surface area contributed by atoms with E-state index in [2.05, 4.69) is 39.8 Å². The third-order valence-corrected chi connectivity index (χ3v) is 4.32. The average molecular weight is 347 g/mol. The van der Waals surface area contributed by atoms with E-state index in [1.54, 1.807) is 0 Å². The largest absolute Gasteiger partial charge is 0.371 e. The fourth-order valence-electron chi connectivity index (χ4n) is 2.89. The second-order valence-electron chi connectivity index (χ2n) is 5.70. The lowest BCUT2D eigenvalue weighted by atomic mass is 10.2. The number of anilines is 2. The van der Waals surface area contributed by atoms with Gasteiger partial charge >= 0.3 is 0 Å². The van der Waals surface area contributed by atoms with E-state index in [0.29, 0.717) is 6.54 Å². The third kappa shape index (κ3) is 3.82. The molecule has 0 spiro atoms. The fraction of sp³-hybridized carbons (Fsp3) is 0.278. The Kier molecular flexibility index (Phi) is 5.25. The Morgan fingerprint density at radius 1 is 1.08 bits per heavy atom. The Bertz CT molecular complexity index is 716. The van der Waals surface area contributed by atoms with Crippen LogP contribution >= 0.6 is 12.2 Å². The first-order valence-corrected chi connectivity index (χ1v) is 8.37. The summed E-state index contributed by atoms with van der Waals surface area (Å²) in [6, 6.07) is 12.1. The first-order valence-electron chi connectivity index (χ1n) is 7.97. The number of benzene rings is 2. The molecule has 0 bridgehead atoms. The van der Waals surface area contributed by atoms with Gasteiger partial charge in [0, 0.05) is 25.3 Å². The van der Waals surface area contributed by atoms with E-state index >= 15 is 0 Å². The minimum absolute atomic E-state index is 0.219. The molecule has 6 heteroatoms. The lowest BCUT2D eigenvalue weighted by Crippen LogP contribution is -2.32. The summed E-state index contributed by atoms with van der Waals surface area (Å²) in [4.78, 5) is 2.35. The maximum atomic E-state index is 13.5. The van der Waals surface area contributed by atoms with Crippen molar-refractivity contribution in [2.75, 3.05) is 29.9 Å². The van der Waals surface area contributed by atoms with Gasteiger partial charge in [0.15, 0.2) is 5.11 Å². The molecule has 0 saturated heterocycles. The summed E-state index contributed by atoms with van der Waals surface area (Å²) in [5, 5.41) is 5.80. The van der Waals surface area contributed by atoms with Crippen molar-refractivity contribution in [1.82, 2.24) is 5.32 Å². The van der Waals surface area contributed by atoms with Crippen molar-refractivity contribution in [3.8, 4) is 0 Å². The van der Waals surface area contributed by atoms with E-state index in [1.807, 2.05) is 0 Å². The van der Waals surface area contributed by atoms with Crippen LogP contribution in [-0.2, 0) is 6.42 Å². The molecule has 0 atom stereocenters. The van der Waals surface area contributed by atoms with Crippen molar-refractivity contribution in [1.29, 1.82) is 0 Å². The number of rotatable bonds is 5. The molecule has 0 aromatic heterocycles. The quantitative estimate of drug-likeness (QED) is 0.637. The van der Waals surface area contributed by atoms with Crippen LogP contribution in [0.4, 0.5) is 20.2 Å². The molecular weight excluding hydrogens is 328 g/mol. The van der Waals surface area contributed by atoms with E-state index in [-0.39, 0.29) is 10.8 Å². The van der Waals surface area contributed by atoms with Gasteiger partial charge in [0.2, 0.25) is 0 Å². The highest BCUT2D eigenvalue weighted by atomic mass is 32.1. The Labute approximate surface area is 145 Å². The zero-order chi connectivity index (χ0) is 16.9. The lowest BCUT2D eigenvalue weighted by Gasteiger charge is -2.19. The van der Waals surface area contributed by atoms with Crippen LogP contribution < -0.4 is 15.5 Å². The summed E-state index contributed by atoms with van der Waals surface area (Å²) in [6.07, 6.45) is 1.96. The van der Waals surface area contributed by atoms with Gasteiger partial charge in [-0.2, -0.15) is 0 Å². The van der Waals surface area contributed by atoms with E-state index in [0.717, 1.165) is 25.9 Å². The Hall–Kier alpha value is -2.21. The Morgan fingerprint density at radius 3 is 2.62 bits per heavy atom. The van der Waals surface area contributed by atoms with Gasteiger partial charge in [-0.3, -0.25) is 0 Å². The van der Waals surface area contributed by atoms with Gasteiger partial charge in [-0.1, -0.05) is 24.3 Å². The van der Waals surface area contributed by atoms with Crippen molar-refractivity contribution in [2.45, 2.75) is 12.8 Å². The zero-order valence-corrected chi connectivity index (χ0v) is 14.0. The summed E-state index contributed by atoms with van der Waals surface area (Å²) in [5.41, 5.74) is 2.47. The smallest absolute Gasteiger partial charge is 0.170 e. The van der Waals surface area contributed by atoms with Gasteiger partial charge in [-0.25, -0.2) is 8.78 Å². The number of nitrogens with one attached hydrogen (secondary N) is 2. The van der Waals surface area contributed by atoms with Crippen molar-refractivity contribution in [3.63, 3.8) is 0 Å². The van der Waals surface area contributed by atoms with Crippen LogP contribution in [-0.4, -0.2) is 24.7 Å². The molecule has 1 heterocycles. The van der Waals surface area contributed by atoms with Crippen LogP contribution in [0.5, 0.6) is 0 Å². The Balaban J connectivity index is 1.43. The van der Waals surface area contributed by atoms with Crippen molar-refractivity contribution >= 4 is 28.7 Å². The molecule has 2 aromatic carbocycles. The standard InChI is InChI=1S/C18H19F2N3S/c19-14-6-3-7-15(20)17(14)22-18(24)21-10-4-11-23-12-9-13-5-1-2-8-16(13)23/h1-3,5-8H,4,9-12H2,(H2,21,22,24). The fourth-order valence-corrected chi connectivity index (χ4v) is 3.09. The molecule has 0 saturated carbocycles. The summed E-state index contributed by atoms with van der Waals surface area (Å²) in [7, 11) is 0. The van der Waals surface area contributed by atoms with Gasteiger partial charge in [-0.15, -0.1) is 0 Å². The number of thiocarbonyl (C=S) groups is 1. The number of halogens is 2. The molecule has 24 heavy (non-hydrogen) atoms. The molecule has 1 aliphatic heterocycles. The second-order valence-corrected chi connectivity index (χ2v) is 6.11. The van der Waals surface area contributed by atoms with Crippen LogP contribution in [0.2, 0.25) is 0 Å². The molecule has 0 amide bonds. The number of hydrogen-bond donors (Lipinski definition) is 2. The van der Waals surface area contributed by atoms with Crippen LogP contribution in [0.15, 0.2) is 42.5 Å². The van der Waals surface area contributed by atoms with Gasteiger partial charge in [0.1, 0.15) is 17.3 Å². The molecule has 1 aliphatic rings. The van der Waals surface area contributed by atoms with Crippen LogP contribution in [0.1, 0.15) is 12.0 Å². The van der Waals surface area contributed by atoms with E-state index in [9.17, 15) is 8.78 Å². The monoisotopic (exact) mass is 347 g/mol. The molecule has 0 fully saturated rings. The second kappa shape index (κ2) is 7.57. The zero-order valence-electron chi connectivity index (χ0n) is 13.2. The number of nitrogens with zero attached hydrogens (tertiary/aromatic N) is 1. The number of fused-ring (bicyclic) bond motifs is 1. The molecule has 2 aromatic rings. The van der Waals surface area contributed by atoms with Gasteiger partial charge in [0.25, 0.3) is 0 Å². The van der Waals surface area contributed by atoms with Crippen molar-refractivity contribution < 1.29 is 8.78 Å². The first kappa shape index (κ1) is 16.6. The first-order chi connectivity index (χ1) is 11.6. The van der Waals surface area contributed by atoms with Crippen LogP contribution in [0.3, 0.4) is 0 Å². The lowest BCUT2D eigenvalue weighted by molar-refractivity contribution is 0.591. The predicted octanol–water partition coefficient (Wildman–Crippen LogP) is 3.70. The summed E-state index contributed by atoms with van der Waals surface area (Å²) in [5.74, 6) is -1.32. The highest BCUT2D eigenvalue weighted by Gasteiger charge is 2.17. The maximum Gasteiger partial charge on any atom is 0.170 e. The van der Waals surface area contributed by atoms with Gasteiger partial charge in [0.05, 0.1) is 0 Å². The minimum atomic E-state index is -0.659. The van der Waals surface area contributed by atoms with Crippen molar-refractivity contribution in [3.05, 3.63) is 59.7 Å². The normalized spacial score (nSPS) is 12.8. The van der Waals surface area contributed by atoms with E-state index < -0.39 is 11.6 Å². The summed E-state index contributed by atoms with van der Waals surface area (Å²) < 4.78 is 27.1. The average Bonchev–Trinajstić information content (AvgIpc) is 2.98. The summed E-state index contributed by atoms with van der Waals surface area (Å²) >= 11 is 5.10. The SMILES string of the molecule is Fc1cccc(F)c1NC(=S)NCCCN1CCc2ccccc21. The van der Waals surface area contributed by atoms with Crippen LogP contribution in [0.25, 0.3) is 0 Å². The molecule has 3 rings (SSSR count). The predicted molar refractivity (Wildman–Crippen MR) is 97.6 cm³/mol. The highest BCUT2D eigenvalue weighted by molar-refractivity contribution is 7.80. The number of hydrogen-bond acceptors (Lipinski definition) is 2. The minimum Gasteiger partial charge on any atom is -0.371 e. The third-order valence-electron chi connectivity index (χ3n) is 4.08. The molecule has 0 unspecified atom stereocenters. The highest BCUT2D eigenvalue weighted by Crippen LogP contribution is 2.27.